The number of rotatable bonds is 8. The Labute approximate surface area is 208 Å². The maximum Gasteiger partial charge on any atom is 0.229 e. The fourth-order valence-corrected chi connectivity index (χ4v) is 4.29. The fourth-order valence-electron chi connectivity index (χ4n) is 4.29. The molecule has 10 heteroatoms. The van der Waals surface area contributed by atoms with Gasteiger partial charge in [0, 0.05) is 5.39 Å². The minimum Gasteiger partial charge on any atom is -0.493 e. The Hall–Kier alpha value is -3.28. The van der Waals surface area contributed by atoms with Gasteiger partial charge in [0.1, 0.15) is 30.2 Å². The van der Waals surface area contributed by atoms with Crippen LogP contribution in [0.4, 0.5) is 0 Å². The zero-order valence-corrected chi connectivity index (χ0v) is 20.4. The number of methoxy groups -OCH3 is 4. The van der Waals surface area contributed by atoms with Crippen molar-refractivity contribution in [1.82, 2.24) is 0 Å². The van der Waals surface area contributed by atoms with Crippen molar-refractivity contribution < 1.29 is 48.8 Å². The third kappa shape index (κ3) is 4.61. The first kappa shape index (κ1) is 25.8. The largest absolute Gasteiger partial charge is 0.493 e. The summed E-state index contributed by atoms with van der Waals surface area (Å²) in [5.74, 6) is 2.42. The molecule has 4 rings (SSSR count). The number of benzene rings is 3. The number of ether oxygens (including phenoxy) is 6. The number of hydrogen-bond donors (Lipinski definition) is 4. The molecule has 0 saturated carbocycles. The number of hydrogen-bond acceptors (Lipinski definition) is 10. The zero-order valence-electron chi connectivity index (χ0n) is 20.4. The number of fused-ring (bicyclic) bond motifs is 1. The van der Waals surface area contributed by atoms with Crippen LogP contribution in [0.2, 0.25) is 0 Å². The van der Waals surface area contributed by atoms with Crippen LogP contribution in [-0.4, -0.2) is 86.2 Å². The second-order valence-corrected chi connectivity index (χ2v) is 8.25. The van der Waals surface area contributed by atoms with Crippen LogP contribution in [0.5, 0.6) is 28.7 Å². The minimum absolute atomic E-state index is 0.319. The summed E-state index contributed by atoms with van der Waals surface area (Å²) in [5, 5.41) is 41.6. The van der Waals surface area contributed by atoms with E-state index in [1.54, 1.807) is 38.5 Å². The lowest BCUT2D eigenvalue weighted by Crippen LogP contribution is -2.60. The Morgan fingerprint density at radius 2 is 1.25 bits per heavy atom. The lowest BCUT2D eigenvalue weighted by Gasteiger charge is -2.39. The van der Waals surface area contributed by atoms with Gasteiger partial charge in [0.05, 0.1) is 35.0 Å². The molecule has 0 amide bonds. The average Bonchev–Trinajstić information content (AvgIpc) is 2.92. The Morgan fingerprint density at radius 3 is 1.86 bits per heavy atom. The first-order valence-electron chi connectivity index (χ1n) is 11.2. The van der Waals surface area contributed by atoms with E-state index in [1.165, 1.54) is 14.2 Å². The van der Waals surface area contributed by atoms with Crippen LogP contribution in [0.1, 0.15) is 0 Å². The average molecular weight is 503 g/mol. The van der Waals surface area contributed by atoms with Gasteiger partial charge in [0.25, 0.3) is 0 Å². The first-order valence-corrected chi connectivity index (χ1v) is 11.2. The summed E-state index contributed by atoms with van der Waals surface area (Å²) in [6.45, 7) is -0.561. The van der Waals surface area contributed by atoms with E-state index in [-0.39, 0.29) is 0 Å². The van der Waals surface area contributed by atoms with E-state index >= 15 is 0 Å². The molecule has 0 spiro atoms. The summed E-state index contributed by atoms with van der Waals surface area (Å²) in [7, 11) is 6.17. The summed E-state index contributed by atoms with van der Waals surface area (Å²) in [6.07, 6.45) is -7.04. The Bertz CT molecular complexity index is 1210. The lowest BCUT2D eigenvalue weighted by atomic mass is 9.96. The van der Waals surface area contributed by atoms with Gasteiger partial charge in [0.15, 0.2) is 23.0 Å². The molecule has 1 aliphatic rings. The monoisotopic (exact) mass is 502 g/mol. The first-order chi connectivity index (χ1) is 17.4. The quantitative estimate of drug-likeness (QED) is 0.360. The summed E-state index contributed by atoms with van der Waals surface area (Å²) in [4.78, 5) is 0. The standard InChI is InChI=1S/C26H30O10/c1-31-18-7-5-13(9-19(18)32-2)14-6-8-17(16-11-21(34-4)20(33-3)10-15(14)16)35-26-25(30)24(29)23(28)22(12-27)36-26/h5-11,22-30H,12H2,1-4H3/t22-,23+,24+,25-,26-/m1/s1. The van der Waals surface area contributed by atoms with Crippen molar-refractivity contribution in [1.29, 1.82) is 0 Å². The number of aliphatic hydroxyl groups excluding tert-OH is 4. The van der Waals surface area contributed by atoms with Crippen LogP contribution < -0.4 is 23.7 Å². The van der Waals surface area contributed by atoms with E-state index in [4.69, 9.17) is 28.4 Å². The van der Waals surface area contributed by atoms with E-state index in [9.17, 15) is 20.4 Å². The summed E-state index contributed by atoms with van der Waals surface area (Å²) >= 11 is 0. The molecule has 0 aliphatic carbocycles. The Morgan fingerprint density at radius 1 is 0.667 bits per heavy atom. The third-order valence-corrected chi connectivity index (χ3v) is 6.27. The van der Waals surface area contributed by atoms with Gasteiger partial charge in [-0.15, -0.1) is 0 Å². The molecule has 1 heterocycles. The van der Waals surface area contributed by atoms with Crippen molar-refractivity contribution in [2.75, 3.05) is 35.0 Å². The second kappa shape index (κ2) is 10.8. The van der Waals surface area contributed by atoms with Gasteiger partial charge in [-0.3, -0.25) is 0 Å². The van der Waals surface area contributed by atoms with Crippen LogP contribution >= 0.6 is 0 Å². The predicted molar refractivity (Wildman–Crippen MR) is 130 cm³/mol. The molecule has 0 unspecified atom stereocenters. The van der Waals surface area contributed by atoms with Gasteiger partial charge in [-0.1, -0.05) is 12.1 Å². The van der Waals surface area contributed by atoms with E-state index in [1.807, 2.05) is 18.2 Å². The molecule has 1 fully saturated rings. The molecule has 3 aromatic rings. The van der Waals surface area contributed by atoms with Crippen molar-refractivity contribution >= 4 is 10.8 Å². The van der Waals surface area contributed by atoms with Gasteiger partial charge in [-0.25, -0.2) is 0 Å². The van der Waals surface area contributed by atoms with Crippen molar-refractivity contribution in [3.8, 4) is 39.9 Å². The highest BCUT2D eigenvalue weighted by Crippen LogP contribution is 2.43. The maximum atomic E-state index is 10.5. The molecule has 10 nitrogen and oxygen atoms in total. The normalized spacial score (nSPS) is 23.8. The summed E-state index contributed by atoms with van der Waals surface area (Å²) in [5.41, 5.74) is 1.66. The molecule has 0 radical (unpaired) electrons. The molecular weight excluding hydrogens is 472 g/mol. The van der Waals surface area contributed by atoms with Gasteiger partial charge >= 0.3 is 0 Å². The van der Waals surface area contributed by atoms with E-state index < -0.39 is 37.3 Å². The van der Waals surface area contributed by atoms with Gasteiger partial charge in [0.2, 0.25) is 6.29 Å². The maximum absolute atomic E-state index is 10.5. The van der Waals surface area contributed by atoms with Crippen molar-refractivity contribution in [2.45, 2.75) is 30.7 Å². The molecule has 4 N–H and O–H groups in total. The lowest BCUT2D eigenvalue weighted by molar-refractivity contribution is -0.277. The van der Waals surface area contributed by atoms with Crippen LogP contribution in [0, 0.1) is 0 Å². The van der Waals surface area contributed by atoms with Crippen LogP contribution in [-0.2, 0) is 4.74 Å². The summed E-state index contributed by atoms with van der Waals surface area (Å²) in [6, 6.07) is 12.6. The summed E-state index contributed by atoms with van der Waals surface area (Å²) < 4.78 is 33.3. The molecule has 5 atom stereocenters. The molecular formula is C26H30O10. The smallest absolute Gasteiger partial charge is 0.229 e. The van der Waals surface area contributed by atoms with Gasteiger partial charge < -0.3 is 48.8 Å². The van der Waals surface area contributed by atoms with Crippen molar-refractivity contribution in [3.05, 3.63) is 42.5 Å². The Balaban J connectivity index is 1.84. The highest BCUT2D eigenvalue weighted by molar-refractivity contribution is 6.02. The minimum atomic E-state index is -1.56. The van der Waals surface area contributed by atoms with Crippen LogP contribution in [0.3, 0.4) is 0 Å². The highest BCUT2D eigenvalue weighted by atomic mass is 16.7. The molecule has 0 aromatic heterocycles. The molecule has 194 valence electrons. The molecule has 0 bridgehead atoms. The highest BCUT2D eigenvalue weighted by Gasteiger charge is 2.44. The Kier molecular flexibility index (Phi) is 7.72. The zero-order chi connectivity index (χ0) is 26.0. The van der Waals surface area contributed by atoms with Crippen LogP contribution in [0.25, 0.3) is 21.9 Å². The molecule has 36 heavy (non-hydrogen) atoms. The fraction of sp³-hybridized carbons (Fsp3) is 0.385. The van der Waals surface area contributed by atoms with Crippen molar-refractivity contribution in [2.24, 2.45) is 0 Å². The van der Waals surface area contributed by atoms with Crippen LogP contribution in [0.15, 0.2) is 42.5 Å². The van der Waals surface area contributed by atoms with Crippen molar-refractivity contribution in [3.63, 3.8) is 0 Å². The van der Waals surface area contributed by atoms with E-state index in [2.05, 4.69) is 0 Å². The predicted octanol–water partition coefficient (Wildman–Crippen LogP) is 1.72. The third-order valence-electron chi connectivity index (χ3n) is 6.27. The number of aliphatic hydroxyl groups is 4. The second-order valence-electron chi connectivity index (χ2n) is 8.25. The molecule has 1 saturated heterocycles. The van der Waals surface area contributed by atoms with Gasteiger partial charge in [-0.05, 0) is 46.8 Å². The molecule has 3 aromatic carbocycles. The topological polar surface area (TPSA) is 136 Å². The van der Waals surface area contributed by atoms with E-state index in [0.717, 1.165) is 16.5 Å². The van der Waals surface area contributed by atoms with Gasteiger partial charge in [-0.2, -0.15) is 0 Å². The SMILES string of the molecule is COc1ccc(-c2ccc(O[C@@H]3O[C@H](CO)[C@H](O)[C@H](O)[C@H]3O)c3cc(OC)c(OC)cc23)cc1OC. The molecule has 1 aliphatic heterocycles. The van der Waals surface area contributed by atoms with E-state index in [0.29, 0.717) is 34.1 Å².